The number of aromatic amines is 2. The second-order valence-electron chi connectivity index (χ2n) is 4.00. The van der Waals surface area contributed by atoms with Crippen LogP contribution in [0.25, 0.3) is 0 Å². The minimum atomic E-state index is -0.684. The number of rotatable bonds is 5. The Morgan fingerprint density at radius 3 is 2.48 bits per heavy atom. The highest BCUT2D eigenvalue weighted by Gasteiger charge is 2.07. The number of hydrogen-bond donors (Lipinski definition) is 3. The van der Waals surface area contributed by atoms with Crippen molar-refractivity contribution in [2.45, 2.75) is 0 Å². The van der Waals surface area contributed by atoms with Crippen LogP contribution in [0, 0.1) is 0 Å². The Kier molecular flexibility index (Phi) is 4.39. The number of carbonyl (C=O) groups excluding carboxylic acids is 1. The molecule has 2 rings (SSSR count). The molecule has 1 aromatic carbocycles. The van der Waals surface area contributed by atoms with Gasteiger partial charge in [-0.25, -0.2) is 4.79 Å². The van der Waals surface area contributed by atoms with Gasteiger partial charge in [-0.15, -0.1) is 0 Å². The molecule has 0 aliphatic heterocycles. The van der Waals surface area contributed by atoms with Crippen LogP contribution in [0.3, 0.4) is 0 Å². The molecule has 1 aromatic heterocycles. The fraction of sp³-hybridized carbons (Fsp3) is 0.154. The molecule has 1 heterocycles. The van der Waals surface area contributed by atoms with Crippen molar-refractivity contribution in [3.63, 3.8) is 0 Å². The number of carbonyl (C=O) groups is 1. The summed E-state index contributed by atoms with van der Waals surface area (Å²) < 4.78 is 10.2. The lowest BCUT2D eigenvalue weighted by Crippen LogP contribution is -2.28. The quantitative estimate of drug-likeness (QED) is 0.722. The van der Waals surface area contributed by atoms with E-state index < -0.39 is 17.2 Å². The van der Waals surface area contributed by atoms with Crippen molar-refractivity contribution in [3.05, 3.63) is 51.3 Å². The van der Waals surface area contributed by atoms with Crippen molar-refractivity contribution in [3.8, 4) is 11.5 Å². The Morgan fingerprint density at radius 1 is 1.19 bits per heavy atom. The van der Waals surface area contributed by atoms with E-state index in [0.29, 0.717) is 11.5 Å². The molecule has 0 bridgehead atoms. The van der Waals surface area contributed by atoms with E-state index in [4.69, 9.17) is 9.47 Å². The second kappa shape index (κ2) is 6.42. The first-order valence-corrected chi connectivity index (χ1v) is 5.97. The largest absolute Gasteiger partial charge is 0.497 e. The fourth-order valence-electron chi connectivity index (χ4n) is 1.51. The Hall–Kier alpha value is -3.03. The van der Waals surface area contributed by atoms with Crippen LogP contribution in [0.4, 0.5) is 5.69 Å². The predicted molar refractivity (Wildman–Crippen MR) is 74.8 cm³/mol. The molecular weight excluding hydrogens is 278 g/mol. The number of benzene rings is 1. The fourth-order valence-corrected chi connectivity index (χ4v) is 1.51. The van der Waals surface area contributed by atoms with Crippen LogP contribution in [-0.2, 0) is 4.79 Å². The Labute approximate surface area is 118 Å². The molecule has 0 radical (unpaired) electrons. The van der Waals surface area contributed by atoms with E-state index in [2.05, 4.69) is 10.3 Å². The van der Waals surface area contributed by atoms with Gasteiger partial charge in [0.05, 0.1) is 7.11 Å². The number of methoxy groups -OCH3 is 1. The number of H-pyrrole nitrogens is 2. The molecule has 1 amide bonds. The van der Waals surface area contributed by atoms with Crippen molar-refractivity contribution < 1.29 is 14.3 Å². The van der Waals surface area contributed by atoms with Crippen LogP contribution in [0.15, 0.2) is 40.1 Å². The second-order valence-corrected chi connectivity index (χ2v) is 4.00. The van der Waals surface area contributed by atoms with Crippen molar-refractivity contribution in [2.75, 3.05) is 19.0 Å². The van der Waals surface area contributed by atoms with E-state index in [9.17, 15) is 14.4 Å². The van der Waals surface area contributed by atoms with Gasteiger partial charge >= 0.3 is 5.69 Å². The Balaban J connectivity index is 1.92. The summed E-state index contributed by atoms with van der Waals surface area (Å²) in [6.07, 6.45) is 1.12. The molecule has 3 N–H and O–H groups in total. The number of nitrogens with one attached hydrogen (secondary N) is 3. The van der Waals surface area contributed by atoms with Crippen molar-refractivity contribution >= 4 is 11.6 Å². The zero-order valence-electron chi connectivity index (χ0n) is 11.1. The van der Waals surface area contributed by atoms with Gasteiger partial charge < -0.3 is 19.8 Å². The summed E-state index contributed by atoms with van der Waals surface area (Å²) in [5.41, 5.74) is -1.39. The highest BCUT2D eigenvalue weighted by Crippen LogP contribution is 2.16. The van der Waals surface area contributed by atoms with Gasteiger partial charge in [0.1, 0.15) is 17.2 Å². The third-order valence-electron chi connectivity index (χ3n) is 2.52. The molecule has 21 heavy (non-hydrogen) atoms. The zero-order valence-corrected chi connectivity index (χ0v) is 11.1. The zero-order chi connectivity index (χ0) is 15.2. The first kappa shape index (κ1) is 14.4. The van der Waals surface area contributed by atoms with Gasteiger partial charge in [-0.1, -0.05) is 0 Å². The number of ether oxygens (including phenoxy) is 2. The summed E-state index contributed by atoms with van der Waals surface area (Å²) in [5.74, 6) is 0.635. The molecule has 0 saturated heterocycles. The van der Waals surface area contributed by atoms with Gasteiger partial charge in [0.25, 0.3) is 11.5 Å². The molecule has 8 heteroatoms. The molecule has 0 spiro atoms. The summed E-state index contributed by atoms with van der Waals surface area (Å²) in [6, 6.07) is 6.69. The van der Waals surface area contributed by atoms with Gasteiger partial charge in [0.15, 0.2) is 6.61 Å². The SMILES string of the molecule is COc1ccc(OCC(=O)Nc2c[nH]c(=O)[nH]c2=O)cc1. The normalized spacial score (nSPS) is 9.95. The summed E-state index contributed by atoms with van der Waals surface area (Å²) in [7, 11) is 1.55. The lowest BCUT2D eigenvalue weighted by molar-refractivity contribution is -0.118. The summed E-state index contributed by atoms with van der Waals surface area (Å²) in [5, 5.41) is 2.33. The van der Waals surface area contributed by atoms with E-state index in [1.54, 1.807) is 31.4 Å². The first-order chi connectivity index (χ1) is 10.1. The van der Waals surface area contributed by atoms with Crippen molar-refractivity contribution in [2.24, 2.45) is 0 Å². The lowest BCUT2D eigenvalue weighted by Gasteiger charge is -2.07. The molecule has 0 atom stereocenters. The van der Waals surface area contributed by atoms with Crippen LogP contribution in [0.5, 0.6) is 11.5 Å². The van der Waals surface area contributed by atoms with E-state index in [-0.39, 0.29) is 12.3 Å². The van der Waals surface area contributed by atoms with Gasteiger partial charge in [-0.05, 0) is 24.3 Å². The highest BCUT2D eigenvalue weighted by molar-refractivity contribution is 5.91. The third kappa shape index (κ3) is 3.96. The summed E-state index contributed by atoms with van der Waals surface area (Å²) in [6.45, 7) is -0.273. The number of hydrogen-bond acceptors (Lipinski definition) is 5. The van der Waals surface area contributed by atoms with E-state index in [1.165, 1.54) is 0 Å². The van der Waals surface area contributed by atoms with Gasteiger partial charge in [-0.3, -0.25) is 14.6 Å². The maximum absolute atomic E-state index is 11.6. The number of aromatic nitrogens is 2. The summed E-state index contributed by atoms with van der Waals surface area (Å²) in [4.78, 5) is 38.1. The van der Waals surface area contributed by atoms with E-state index in [1.807, 2.05) is 4.98 Å². The molecular formula is C13H13N3O5. The van der Waals surface area contributed by atoms with Crippen LogP contribution in [0.1, 0.15) is 0 Å². The maximum atomic E-state index is 11.6. The van der Waals surface area contributed by atoms with Crippen LogP contribution >= 0.6 is 0 Å². The number of anilines is 1. The Morgan fingerprint density at radius 2 is 1.86 bits per heavy atom. The molecule has 0 saturated carbocycles. The van der Waals surface area contributed by atoms with E-state index in [0.717, 1.165) is 6.20 Å². The lowest BCUT2D eigenvalue weighted by atomic mass is 10.3. The molecule has 8 nitrogen and oxygen atoms in total. The van der Waals surface area contributed by atoms with Gasteiger partial charge in [-0.2, -0.15) is 0 Å². The molecule has 0 aliphatic rings. The summed E-state index contributed by atoms with van der Waals surface area (Å²) >= 11 is 0. The molecule has 0 aliphatic carbocycles. The van der Waals surface area contributed by atoms with Crippen molar-refractivity contribution in [1.82, 2.24) is 9.97 Å². The third-order valence-corrected chi connectivity index (χ3v) is 2.52. The topological polar surface area (TPSA) is 113 Å². The average molecular weight is 291 g/mol. The van der Waals surface area contributed by atoms with Crippen LogP contribution in [0.2, 0.25) is 0 Å². The predicted octanol–water partition coefficient (Wildman–Crippen LogP) is 0.0893. The van der Waals surface area contributed by atoms with E-state index >= 15 is 0 Å². The standard InChI is InChI=1S/C13H13N3O5/c1-20-8-2-4-9(5-3-8)21-7-11(17)15-10-6-14-13(19)16-12(10)18/h2-6H,7H2,1H3,(H,15,17)(H2,14,16,18,19). The maximum Gasteiger partial charge on any atom is 0.325 e. The highest BCUT2D eigenvalue weighted by atomic mass is 16.5. The minimum absolute atomic E-state index is 0.0575. The Bertz CT molecular complexity index is 732. The monoisotopic (exact) mass is 291 g/mol. The molecule has 110 valence electrons. The molecule has 2 aromatic rings. The molecule has 0 unspecified atom stereocenters. The van der Waals surface area contributed by atoms with Crippen molar-refractivity contribution in [1.29, 1.82) is 0 Å². The van der Waals surface area contributed by atoms with Gasteiger partial charge in [0, 0.05) is 6.20 Å². The van der Waals surface area contributed by atoms with Gasteiger partial charge in [0.2, 0.25) is 0 Å². The molecule has 0 fully saturated rings. The number of amides is 1. The smallest absolute Gasteiger partial charge is 0.325 e. The first-order valence-electron chi connectivity index (χ1n) is 5.97. The van der Waals surface area contributed by atoms with Crippen LogP contribution < -0.4 is 26.0 Å². The average Bonchev–Trinajstić information content (AvgIpc) is 2.48. The minimum Gasteiger partial charge on any atom is -0.497 e. The van der Waals surface area contributed by atoms with Crippen LogP contribution in [-0.4, -0.2) is 29.6 Å².